The average Bonchev–Trinajstić information content (AvgIpc) is 2.57. The second-order valence-corrected chi connectivity index (χ2v) is 3.80. The van der Waals surface area contributed by atoms with Gasteiger partial charge in [0.1, 0.15) is 16.1 Å². The number of halogens is 2. The highest BCUT2D eigenvalue weighted by Crippen LogP contribution is 2.20. The molecule has 0 atom stereocenters. The van der Waals surface area contributed by atoms with Crippen LogP contribution in [0.4, 0.5) is 4.39 Å². The summed E-state index contributed by atoms with van der Waals surface area (Å²) in [5, 5.41) is 0. The maximum absolute atomic E-state index is 13.0. The maximum atomic E-state index is 13.0. The molecular formula is C10H8BrFN2O2. The SMILES string of the molecule is CCOC(=O)c1nc2ccc(F)cn2c1Br. The van der Waals surface area contributed by atoms with Crippen molar-refractivity contribution in [1.82, 2.24) is 9.38 Å². The average molecular weight is 287 g/mol. The molecule has 84 valence electrons. The number of esters is 1. The molecule has 2 aromatic rings. The molecule has 0 saturated heterocycles. The number of rotatable bonds is 2. The number of fused-ring (bicyclic) bond motifs is 1. The number of carbonyl (C=O) groups excluding carboxylic acids is 1. The number of nitrogens with zero attached hydrogens (tertiary/aromatic N) is 2. The van der Waals surface area contributed by atoms with Gasteiger partial charge in [0, 0.05) is 6.20 Å². The minimum absolute atomic E-state index is 0.146. The smallest absolute Gasteiger partial charge is 0.359 e. The van der Waals surface area contributed by atoms with E-state index in [-0.39, 0.29) is 12.3 Å². The normalized spacial score (nSPS) is 10.7. The highest BCUT2D eigenvalue weighted by molar-refractivity contribution is 9.10. The molecule has 2 heterocycles. The largest absolute Gasteiger partial charge is 0.461 e. The van der Waals surface area contributed by atoms with Crippen LogP contribution < -0.4 is 0 Å². The van der Waals surface area contributed by atoms with Crippen LogP contribution >= 0.6 is 15.9 Å². The molecule has 0 aliphatic carbocycles. The topological polar surface area (TPSA) is 43.6 Å². The van der Waals surface area contributed by atoms with Gasteiger partial charge in [-0.1, -0.05) is 0 Å². The molecule has 2 rings (SSSR count). The molecule has 0 aliphatic rings. The van der Waals surface area contributed by atoms with E-state index >= 15 is 0 Å². The van der Waals surface area contributed by atoms with E-state index in [9.17, 15) is 9.18 Å². The summed E-state index contributed by atoms with van der Waals surface area (Å²) in [6, 6.07) is 2.77. The summed E-state index contributed by atoms with van der Waals surface area (Å²) in [5.74, 6) is -0.931. The van der Waals surface area contributed by atoms with E-state index in [1.165, 1.54) is 22.7 Å². The first kappa shape index (κ1) is 11.1. The zero-order chi connectivity index (χ0) is 11.7. The van der Waals surface area contributed by atoms with Crippen molar-refractivity contribution in [2.75, 3.05) is 6.61 Å². The molecule has 0 spiro atoms. The van der Waals surface area contributed by atoms with E-state index < -0.39 is 11.8 Å². The number of hydrogen-bond acceptors (Lipinski definition) is 3. The van der Waals surface area contributed by atoms with Crippen LogP contribution in [0.1, 0.15) is 17.4 Å². The zero-order valence-electron chi connectivity index (χ0n) is 8.41. The lowest BCUT2D eigenvalue weighted by Gasteiger charge is -1.97. The third-order valence-corrected chi connectivity index (χ3v) is 2.75. The van der Waals surface area contributed by atoms with Gasteiger partial charge in [0.25, 0.3) is 0 Å². The van der Waals surface area contributed by atoms with E-state index in [0.29, 0.717) is 10.3 Å². The molecule has 0 fully saturated rings. The predicted molar refractivity (Wildman–Crippen MR) is 58.8 cm³/mol. The Morgan fingerprint density at radius 1 is 1.62 bits per heavy atom. The fraction of sp³-hybridized carbons (Fsp3) is 0.200. The lowest BCUT2D eigenvalue weighted by molar-refractivity contribution is 0.0519. The van der Waals surface area contributed by atoms with Gasteiger partial charge in [0.15, 0.2) is 5.69 Å². The van der Waals surface area contributed by atoms with Crippen LogP contribution in [0.5, 0.6) is 0 Å². The van der Waals surface area contributed by atoms with Crippen molar-refractivity contribution in [3.05, 3.63) is 34.4 Å². The first-order valence-electron chi connectivity index (χ1n) is 4.63. The lowest BCUT2D eigenvalue weighted by Crippen LogP contribution is -2.05. The Kier molecular flexibility index (Phi) is 2.91. The minimum Gasteiger partial charge on any atom is -0.461 e. The van der Waals surface area contributed by atoms with Crippen LogP contribution in [0.2, 0.25) is 0 Å². The van der Waals surface area contributed by atoms with Gasteiger partial charge in [0.2, 0.25) is 0 Å². The van der Waals surface area contributed by atoms with Gasteiger partial charge < -0.3 is 4.74 Å². The standard InChI is InChI=1S/C10H8BrFN2O2/c1-2-16-10(15)8-9(11)14-5-6(12)3-4-7(14)13-8/h3-5H,2H2,1H3. The van der Waals surface area contributed by atoms with E-state index in [0.717, 1.165) is 0 Å². The van der Waals surface area contributed by atoms with Crippen molar-refractivity contribution in [3.8, 4) is 0 Å². The zero-order valence-corrected chi connectivity index (χ0v) is 9.99. The van der Waals surface area contributed by atoms with Crippen molar-refractivity contribution in [2.45, 2.75) is 6.92 Å². The van der Waals surface area contributed by atoms with E-state index in [1.807, 2.05) is 0 Å². The number of pyridine rings is 1. The first-order chi connectivity index (χ1) is 7.63. The molecule has 0 aromatic carbocycles. The summed E-state index contributed by atoms with van der Waals surface area (Å²) in [6.07, 6.45) is 1.25. The van der Waals surface area contributed by atoms with Crippen LogP contribution in [0.15, 0.2) is 22.9 Å². The summed E-state index contributed by atoms with van der Waals surface area (Å²) < 4.78 is 19.7. The van der Waals surface area contributed by atoms with Crippen LogP contribution in [-0.4, -0.2) is 22.0 Å². The Balaban J connectivity index is 2.56. The Labute approximate surface area is 99.2 Å². The summed E-state index contributed by atoms with van der Waals surface area (Å²) in [7, 11) is 0. The van der Waals surface area contributed by atoms with Crippen LogP contribution in [-0.2, 0) is 4.74 Å². The van der Waals surface area contributed by atoms with Gasteiger partial charge in [-0.05, 0) is 35.0 Å². The summed E-state index contributed by atoms with van der Waals surface area (Å²) in [4.78, 5) is 15.5. The molecule has 16 heavy (non-hydrogen) atoms. The second-order valence-electron chi connectivity index (χ2n) is 3.05. The van der Waals surface area contributed by atoms with Gasteiger partial charge in [-0.25, -0.2) is 14.2 Å². The molecule has 4 nitrogen and oxygen atoms in total. The Morgan fingerprint density at radius 3 is 3.06 bits per heavy atom. The fourth-order valence-electron chi connectivity index (χ4n) is 1.32. The third kappa shape index (κ3) is 1.80. The van der Waals surface area contributed by atoms with Crippen molar-refractivity contribution in [2.24, 2.45) is 0 Å². The molecule has 0 unspecified atom stereocenters. The van der Waals surface area contributed by atoms with E-state index in [2.05, 4.69) is 20.9 Å². The van der Waals surface area contributed by atoms with Gasteiger partial charge in [-0.15, -0.1) is 0 Å². The number of carbonyl (C=O) groups is 1. The van der Waals surface area contributed by atoms with Crippen LogP contribution in [0, 0.1) is 5.82 Å². The molecule has 0 aliphatic heterocycles. The fourth-order valence-corrected chi connectivity index (χ4v) is 1.85. The van der Waals surface area contributed by atoms with Crippen molar-refractivity contribution in [3.63, 3.8) is 0 Å². The van der Waals surface area contributed by atoms with E-state index in [4.69, 9.17) is 4.74 Å². The van der Waals surface area contributed by atoms with Gasteiger partial charge in [0.05, 0.1) is 6.61 Å². The van der Waals surface area contributed by atoms with Crippen molar-refractivity contribution >= 4 is 27.5 Å². The highest BCUT2D eigenvalue weighted by atomic mass is 79.9. The lowest BCUT2D eigenvalue weighted by atomic mass is 10.5. The van der Waals surface area contributed by atoms with Crippen molar-refractivity contribution < 1.29 is 13.9 Å². The third-order valence-electron chi connectivity index (χ3n) is 1.99. The highest BCUT2D eigenvalue weighted by Gasteiger charge is 2.18. The molecule has 0 saturated carbocycles. The molecule has 0 amide bonds. The number of aromatic nitrogens is 2. The summed E-state index contributed by atoms with van der Waals surface area (Å²) in [6.45, 7) is 1.98. The molecule has 6 heteroatoms. The maximum Gasteiger partial charge on any atom is 0.359 e. The molecule has 0 radical (unpaired) electrons. The van der Waals surface area contributed by atoms with Gasteiger partial charge in [-0.2, -0.15) is 0 Å². The number of ether oxygens (including phenoxy) is 1. The summed E-state index contributed by atoms with van der Waals surface area (Å²) >= 11 is 3.19. The Bertz CT molecular complexity index is 553. The van der Waals surface area contributed by atoms with E-state index in [1.54, 1.807) is 6.92 Å². The molecule has 0 N–H and O–H groups in total. The van der Waals surface area contributed by atoms with Gasteiger partial charge in [-0.3, -0.25) is 4.40 Å². The quantitative estimate of drug-likeness (QED) is 0.797. The predicted octanol–water partition coefficient (Wildman–Crippen LogP) is 2.41. The monoisotopic (exact) mass is 286 g/mol. The molecule has 2 aromatic heterocycles. The van der Waals surface area contributed by atoms with Gasteiger partial charge >= 0.3 is 5.97 Å². The van der Waals surface area contributed by atoms with Crippen LogP contribution in [0.25, 0.3) is 5.65 Å². The van der Waals surface area contributed by atoms with Crippen LogP contribution in [0.3, 0.4) is 0 Å². The molecule has 0 bridgehead atoms. The summed E-state index contributed by atoms with van der Waals surface area (Å²) in [5.41, 5.74) is 0.628. The Morgan fingerprint density at radius 2 is 2.38 bits per heavy atom. The number of imidazole rings is 1. The van der Waals surface area contributed by atoms with Crippen molar-refractivity contribution in [1.29, 1.82) is 0 Å². The first-order valence-corrected chi connectivity index (χ1v) is 5.43. The number of hydrogen-bond donors (Lipinski definition) is 0. The second kappa shape index (κ2) is 4.21. The Hall–Kier alpha value is -1.43. The molecular weight excluding hydrogens is 279 g/mol. The minimum atomic E-state index is -0.529.